The molecule has 34 heavy (non-hydrogen) atoms. The number of aromatic nitrogens is 1. The standard InChI is InChI=1S/C27H27FN2O4/c1-16-21(9-18-10-24(33-2)27(32)25(11-18)34-3)20-7-6-19(28)12-23(20)22(16)13-26(31)30-15-17-5-4-8-29-14-17/h4-10,12,14,18,32H,11,13,15H2,1-3H3,(H,30,31)/b21-9-. The first-order valence-electron chi connectivity index (χ1n) is 11.0. The summed E-state index contributed by atoms with van der Waals surface area (Å²) in [7, 11) is 3.00. The molecular formula is C27H27FN2O4. The lowest BCUT2D eigenvalue weighted by molar-refractivity contribution is -0.120. The second-order valence-corrected chi connectivity index (χ2v) is 8.27. The van der Waals surface area contributed by atoms with Crippen LogP contribution < -0.4 is 5.32 Å². The molecule has 1 unspecified atom stereocenters. The molecule has 2 N–H and O–H groups in total. The molecule has 1 aromatic heterocycles. The summed E-state index contributed by atoms with van der Waals surface area (Å²) in [4.78, 5) is 16.8. The quantitative estimate of drug-likeness (QED) is 0.601. The molecule has 0 spiro atoms. The summed E-state index contributed by atoms with van der Waals surface area (Å²) in [5.74, 6) is 0.168. The first-order chi connectivity index (χ1) is 16.4. The number of pyridine rings is 1. The van der Waals surface area contributed by atoms with Gasteiger partial charge in [-0.25, -0.2) is 4.39 Å². The number of carbonyl (C=O) groups excluding carboxylic acids is 1. The monoisotopic (exact) mass is 462 g/mol. The first kappa shape index (κ1) is 23.3. The van der Waals surface area contributed by atoms with E-state index >= 15 is 0 Å². The summed E-state index contributed by atoms with van der Waals surface area (Å²) in [6.45, 7) is 2.32. The van der Waals surface area contributed by atoms with Crippen molar-refractivity contribution < 1.29 is 23.8 Å². The molecule has 1 aromatic carbocycles. The Balaban J connectivity index is 1.62. The minimum absolute atomic E-state index is 0.00761. The number of halogens is 1. The van der Waals surface area contributed by atoms with Crippen LogP contribution in [0.15, 0.2) is 77.7 Å². The van der Waals surface area contributed by atoms with Crippen LogP contribution >= 0.6 is 0 Å². The number of hydrogen-bond donors (Lipinski definition) is 2. The maximum absolute atomic E-state index is 14.2. The van der Waals surface area contributed by atoms with Gasteiger partial charge >= 0.3 is 0 Å². The van der Waals surface area contributed by atoms with Crippen molar-refractivity contribution in [2.75, 3.05) is 14.2 Å². The molecule has 6 nitrogen and oxygen atoms in total. The molecule has 0 aliphatic heterocycles. The normalized spacial score (nSPS) is 18.6. The first-order valence-corrected chi connectivity index (χ1v) is 11.0. The van der Waals surface area contributed by atoms with E-state index in [-0.39, 0.29) is 29.8 Å². The van der Waals surface area contributed by atoms with Crippen LogP contribution in [-0.4, -0.2) is 30.2 Å². The van der Waals surface area contributed by atoms with Gasteiger partial charge in [0.25, 0.3) is 0 Å². The number of aliphatic hydroxyl groups is 1. The Morgan fingerprint density at radius 2 is 2.09 bits per heavy atom. The van der Waals surface area contributed by atoms with E-state index in [0.29, 0.717) is 24.5 Å². The molecule has 176 valence electrons. The Kier molecular flexibility index (Phi) is 6.82. The zero-order chi connectivity index (χ0) is 24.2. The van der Waals surface area contributed by atoms with Crippen molar-refractivity contribution in [1.82, 2.24) is 10.3 Å². The summed E-state index contributed by atoms with van der Waals surface area (Å²) in [5.41, 5.74) is 5.14. The van der Waals surface area contributed by atoms with E-state index in [1.807, 2.05) is 25.1 Å². The van der Waals surface area contributed by atoms with Crippen LogP contribution in [0.25, 0.3) is 11.1 Å². The van der Waals surface area contributed by atoms with Gasteiger partial charge in [-0.05, 0) is 64.6 Å². The average molecular weight is 463 g/mol. The van der Waals surface area contributed by atoms with Crippen LogP contribution in [0.2, 0.25) is 0 Å². The molecule has 4 rings (SSSR count). The van der Waals surface area contributed by atoms with Gasteiger partial charge in [-0.1, -0.05) is 18.2 Å². The number of benzene rings is 1. The molecule has 0 radical (unpaired) electrons. The number of hydrogen-bond acceptors (Lipinski definition) is 5. The van der Waals surface area contributed by atoms with Crippen molar-refractivity contribution in [1.29, 1.82) is 0 Å². The maximum atomic E-state index is 14.2. The number of fused-ring (bicyclic) bond motifs is 1. The average Bonchev–Trinajstić information content (AvgIpc) is 3.09. The Morgan fingerprint density at radius 1 is 1.26 bits per heavy atom. The minimum atomic E-state index is -0.352. The lowest BCUT2D eigenvalue weighted by atomic mass is 9.92. The van der Waals surface area contributed by atoms with Gasteiger partial charge in [0.2, 0.25) is 5.91 Å². The fourth-order valence-electron chi connectivity index (χ4n) is 4.38. The molecule has 2 aliphatic carbocycles. The molecule has 0 saturated carbocycles. The van der Waals surface area contributed by atoms with E-state index in [1.54, 1.807) is 18.5 Å². The number of methoxy groups -OCH3 is 2. The topological polar surface area (TPSA) is 80.7 Å². The van der Waals surface area contributed by atoms with Crippen molar-refractivity contribution in [2.45, 2.75) is 26.3 Å². The van der Waals surface area contributed by atoms with Gasteiger partial charge in [-0.2, -0.15) is 0 Å². The number of nitrogens with zero attached hydrogens (tertiary/aromatic N) is 1. The Morgan fingerprint density at radius 3 is 2.79 bits per heavy atom. The Labute approximate surface area is 198 Å². The van der Waals surface area contributed by atoms with Gasteiger partial charge in [-0.3, -0.25) is 9.78 Å². The Hall–Kier alpha value is -3.87. The molecule has 1 atom stereocenters. The summed E-state index contributed by atoms with van der Waals surface area (Å²) < 4.78 is 24.8. The number of ether oxygens (including phenoxy) is 2. The molecular weight excluding hydrogens is 435 g/mol. The van der Waals surface area contributed by atoms with Gasteiger partial charge in [0.1, 0.15) is 11.6 Å². The number of aliphatic hydroxyl groups excluding tert-OH is 1. The van der Waals surface area contributed by atoms with E-state index in [1.165, 1.54) is 26.4 Å². The van der Waals surface area contributed by atoms with Crippen LogP contribution in [0.3, 0.4) is 0 Å². The van der Waals surface area contributed by atoms with Crippen LogP contribution in [0.4, 0.5) is 4.39 Å². The number of nitrogens with one attached hydrogen (secondary N) is 1. The third-order valence-corrected chi connectivity index (χ3v) is 6.13. The number of amides is 1. The second kappa shape index (κ2) is 9.95. The fourth-order valence-corrected chi connectivity index (χ4v) is 4.38. The van der Waals surface area contributed by atoms with Gasteiger partial charge in [-0.15, -0.1) is 0 Å². The van der Waals surface area contributed by atoms with Crippen molar-refractivity contribution in [2.24, 2.45) is 5.92 Å². The number of carbonyl (C=O) groups is 1. The van der Waals surface area contributed by atoms with Gasteiger partial charge in [0, 0.05) is 31.3 Å². The van der Waals surface area contributed by atoms with Gasteiger partial charge < -0.3 is 19.9 Å². The number of allylic oxidation sites excluding steroid dienone is 5. The molecule has 1 heterocycles. The van der Waals surface area contributed by atoms with Crippen LogP contribution in [0.5, 0.6) is 0 Å². The largest absolute Gasteiger partial charge is 0.502 e. The van der Waals surface area contributed by atoms with E-state index in [2.05, 4.69) is 16.4 Å². The highest BCUT2D eigenvalue weighted by molar-refractivity contribution is 6.04. The molecule has 2 aliphatic rings. The van der Waals surface area contributed by atoms with Crippen LogP contribution in [0, 0.1) is 11.7 Å². The maximum Gasteiger partial charge on any atom is 0.224 e. The summed E-state index contributed by atoms with van der Waals surface area (Å²) in [6.07, 6.45) is 7.87. The summed E-state index contributed by atoms with van der Waals surface area (Å²) >= 11 is 0. The van der Waals surface area contributed by atoms with Crippen molar-refractivity contribution in [3.05, 3.63) is 100 Å². The summed E-state index contributed by atoms with van der Waals surface area (Å²) in [6, 6.07) is 8.36. The van der Waals surface area contributed by atoms with Crippen molar-refractivity contribution >= 4 is 17.1 Å². The lowest BCUT2D eigenvalue weighted by Crippen LogP contribution is -2.22. The summed E-state index contributed by atoms with van der Waals surface area (Å²) in [5, 5.41) is 13.2. The van der Waals surface area contributed by atoms with Gasteiger partial charge in [0.15, 0.2) is 11.5 Å². The van der Waals surface area contributed by atoms with E-state index < -0.39 is 0 Å². The minimum Gasteiger partial charge on any atom is -0.502 e. The third-order valence-electron chi connectivity index (χ3n) is 6.13. The predicted molar refractivity (Wildman–Crippen MR) is 128 cm³/mol. The van der Waals surface area contributed by atoms with Crippen LogP contribution in [0.1, 0.15) is 36.5 Å². The van der Waals surface area contributed by atoms with Crippen molar-refractivity contribution in [3.63, 3.8) is 0 Å². The highest BCUT2D eigenvalue weighted by Crippen LogP contribution is 2.44. The SMILES string of the molecule is COC1=CC(/C=C2/C(C)=C(CC(=O)NCc3cccnc3)c3cc(F)ccc32)CC(OC)=C1O. The fraction of sp³-hybridized carbons (Fsp3) is 0.259. The Bertz CT molecular complexity index is 1230. The van der Waals surface area contributed by atoms with E-state index in [4.69, 9.17) is 9.47 Å². The third kappa shape index (κ3) is 4.73. The van der Waals surface area contributed by atoms with E-state index in [0.717, 1.165) is 33.4 Å². The smallest absolute Gasteiger partial charge is 0.224 e. The molecule has 7 heteroatoms. The molecule has 0 saturated heterocycles. The van der Waals surface area contributed by atoms with Crippen molar-refractivity contribution in [3.8, 4) is 0 Å². The second-order valence-electron chi connectivity index (χ2n) is 8.27. The molecule has 1 amide bonds. The number of rotatable bonds is 7. The molecule has 0 bridgehead atoms. The van der Waals surface area contributed by atoms with Crippen LogP contribution in [-0.2, 0) is 20.8 Å². The lowest BCUT2D eigenvalue weighted by Gasteiger charge is -2.21. The highest BCUT2D eigenvalue weighted by atomic mass is 19.1. The van der Waals surface area contributed by atoms with Gasteiger partial charge in [0.05, 0.1) is 20.6 Å². The molecule has 0 fully saturated rings. The molecule has 2 aromatic rings. The van der Waals surface area contributed by atoms with E-state index in [9.17, 15) is 14.3 Å². The zero-order valence-corrected chi connectivity index (χ0v) is 19.4. The zero-order valence-electron chi connectivity index (χ0n) is 19.4. The predicted octanol–water partition coefficient (Wildman–Crippen LogP) is 5.06. The highest BCUT2D eigenvalue weighted by Gasteiger charge is 2.28.